The monoisotopic (exact) mass is 375 g/mol. The van der Waals surface area contributed by atoms with Gasteiger partial charge in [0.2, 0.25) is 0 Å². The summed E-state index contributed by atoms with van der Waals surface area (Å²) in [5, 5.41) is 11.6. The van der Waals surface area contributed by atoms with Crippen molar-refractivity contribution in [1.82, 2.24) is 0 Å². The number of anilines is 1. The number of ether oxygens (including phenoxy) is 1. The number of carbonyl (C=O) groups is 2. The number of benzene rings is 2. The highest BCUT2D eigenvalue weighted by atomic mass is 32.2. The maximum Gasteiger partial charge on any atom is 0.335 e. The predicted molar refractivity (Wildman–Crippen MR) is 102 cm³/mol. The van der Waals surface area contributed by atoms with E-state index in [4.69, 9.17) is 9.84 Å². The van der Waals surface area contributed by atoms with Crippen LogP contribution in [-0.4, -0.2) is 35.1 Å². The van der Waals surface area contributed by atoms with E-state index in [-0.39, 0.29) is 18.1 Å². The van der Waals surface area contributed by atoms with Gasteiger partial charge in [-0.25, -0.2) is 4.79 Å². The van der Waals surface area contributed by atoms with Gasteiger partial charge in [0.25, 0.3) is 5.91 Å². The van der Waals surface area contributed by atoms with Gasteiger partial charge in [-0.05, 0) is 35.9 Å². The SMILES string of the molecule is O=C(COc1ccc(C2SCCS2)cc1)Nc1cccc(C(=O)O)c1. The summed E-state index contributed by atoms with van der Waals surface area (Å²) in [6, 6.07) is 13.9. The van der Waals surface area contributed by atoms with E-state index in [2.05, 4.69) is 5.32 Å². The average Bonchev–Trinajstić information content (AvgIpc) is 3.15. The summed E-state index contributed by atoms with van der Waals surface area (Å²) in [4.78, 5) is 22.9. The topological polar surface area (TPSA) is 75.6 Å². The average molecular weight is 375 g/mol. The third-order valence-corrected chi connectivity index (χ3v) is 6.64. The number of aromatic carboxylic acids is 1. The van der Waals surface area contributed by atoms with Crippen LogP contribution < -0.4 is 10.1 Å². The van der Waals surface area contributed by atoms with Crippen molar-refractivity contribution in [2.75, 3.05) is 23.4 Å². The van der Waals surface area contributed by atoms with E-state index < -0.39 is 5.97 Å². The first-order chi connectivity index (χ1) is 12.1. The molecule has 5 nitrogen and oxygen atoms in total. The molecule has 0 radical (unpaired) electrons. The minimum Gasteiger partial charge on any atom is -0.484 e. The fourth-order valence-corrected chi connectivity index (χ4v) is 5.21. The molecule has 130 valence electrons. The first-order valence-corrected chi connectivity index (χ1v) is 9.81. The molecule has 2 aromatic carbocycles. The van der Waals surface area contributed by atoms with Crippen molar-refractivity contribution in [3.05, 3.63) is 59.7 Å². The molecule has 0 aliphatic carbocycles. The molecule has 0 saturated carbocycles. The summed E-state index contributed by atoms with van der Waals surface area (Å²) < 4.78 is 5.98. The van der Waals surface area contributed by atoms with Crippen molar-refractivity contribution in [3.8, 4) is 5.75 Å². The first-order valence-electron chi connectivity index (χ1n) is 7.71. The summed E-state index contributed by atoms with van der Waals surface area (Å²) in [5.41, 5.74) is 1.81. The Bertz CT molecular complexity index is 758. The van der Waals surface area contributed by atoms with Gasteiger partial charge in [0.15, 0.2) is 6.61 Å². The number of carboxylic acids is 1. The molecule has 1 heterocycles. The quantitative estimate of drug-likeness (QED) is 0.798. The molecule has 0 atom stereocenters. The molecule has 1 amide bonds. The van der Waals surface area contributed by atoms with E-state index in [1.165, 1.54) is 29.2 Å². The van der Waals surface area contributed by atoms with Crippen molar-refractivity contribution in [3.63, 3.8) is 0 Å². The molecule has 1 aliphatic rings. The molecule has 1 aliphatic heterocycles. The van der Waals surface area contributed by atoms with Gasteiger partial charge < -0.3 is 15.2 Å². The van der Waals surface area contributed by atoms with Crippen LogP contribution in [0.15, 0.2) is 48.5 Å². The van der Waals surface area contributed by atoms with Crippen molar-refractivity contribution >= 4 is 41.1 Å². The molecular weight excluding hydrogens is 358 g/mol. The molecule has 1 saturated heterocycles. The molecule has 3 rings (SSSR count). The lowest BCUT2D eigenvalue weighted by Gasteiger charge is -2.11. The molecule has 1 fully saturated rings. The lowest BCUT2D eigenvalue weighted by Crippen LogP contribution is -2.20. The van der Waals surface area contributed by atoms with E-state index >= 15 is 0 Å². The normalized spacial score (nSPS) is 14.2. The molecule has 7 heteroatoms. The Hall–Kier alpha value is -2.12. The van der Waals surface area contributed by atoms with Crippen LogP contribution in [0.3, 0.4) is 0 Å². The second-order valence-electron chi connectivity index (χ2n) is 5.37. The highest BCUT2D eigenvalue weighted by molar-refractivity contribution is 8.19. The Kier molecular flexibility index (Phi) is 5.88. The van der Waals surface area contributed by atoms with E-state index in [0.29, 0.717) is 16.0 Å². The Morgan fingerprint density at radius 2 is 1.84 bits per heavy atom. The minimum atomic E-state index is -1.04. The van der Waals surface area contributed by atoms with Gasteiger partial charge in [0.1, 0.15) is 5.75 Å². The van der Waals surface area contributed by atoms with Crippen LogP contribution in [0, 0.1) is 0 Å². The zero-order valence-corrected chi connectivity index (χ0v) is 14.9. The number of rotatable bonds is 6. The number of nitrogens with one attached hydrogen (secondary N) is 1. The second-order valence-corrected chi connectivity index (χ2v) is 8.09. The number of carbonyl (C=O) groups excluding carboxylic acids is 1. The number of carboxylic acid groups (broad SMARTS) is 1. The Morgan fingerprint density at radius 3 is 2.52 bits per heavy atom. The number of amides is 1. The zero-order chi connectivity index (χ0) is 17.6. The van der Waals surface area contributed by atoms with Crippen LogP contribution in [0.1, 0.15) is 20.5 Å². The van der Waals surface area contributed by atoms with Gasteiger partial charge in [0.05, 0.1) is 10.1 Å². The van der Waals surface area contributed by atoms with Gasteiger partial charge in [-0.1, -0.05) is 18.2 Å². The molecule has 0 unspecified atom stereocenters. The van der Waals surface area contributed by atoms with E-state index in [0.717, 1.165) is 0 Å². The van der Waals surface area contributed by atoms with Gasteiger partial charge >= 0.3 is 5.97 Å². The highest BCUT2D eigenvalue weighted by Crippen LogP contribution is 2.45. The molecule has 2 N–H and O–H groups in total. The molecule has 25 heavy (non-hydrogen) atoms. The molecule has 0 aromatic heterocycles. The summed E-state index contributed by atoms with van der Waals surface area (Å²) in [5.74, 6) is 1.61. The molecule has 0 bridgehead atoms. The third-order valence-electron chi connectivity index (χ3n) is 3.54. The Balaban J connectivity index is 1.52. The lowest BCUT2D eigenvalue weighted by atomic mass is 10.2. The number of hydrogen-bond donors (Lipinski definition) is 2. The van der Waals surface area contributed by atoms with Crippen LogP contribution in [-0.2, 0) is 4.79 Å². The third kappa shape index (κ3) is 4.93. The van der Waals surface area contributed by atoms with Crippen LogP contribution >= 0.6 is 23.5 Å². The second kappa shape index (κ2) is 8.31. The van der Waals surface area contributed by atoms with Crippen LogP contribution in [0.5, 0.6) is 5.75 Å². The van der Waals surface area contributed by atoms with Crippen LogP contribution in [0.4, 0.5) is 5.69 Å². The summed E-state index contributed by atoms with van der Waals surface area (Å²) >= 11 is 3.88. The molecule has 0 spiro atoms. The summed E-state index contributed by atoms with van der Waals surface area (Å²) in [7, 11) is 0. The lowest BCUT2D eigenvalue weighted by molar-refractivity contribution is -0.118. The fraction of sp³-hybridized carbons (Fsp3) is 0.222. The van der Waals surface area contributed by atoms with E-state index in [9.17, 15) is 9.59 Å². The maximum absolute atomic E-state index is 12.0. The first kappa shape index (κ1) is 17.7. The van der Waals surface area contributed by atoms with Gasteiger partial charge in [-0.2, -0.15) is 0 Å². The van der Waals surface area contributed by atoms with Crippen molar-refractivity contribution in [2.45, 2.75) is 4.58 Å². The Labute approximate surface area is 154 Å². The molecule has 2 aromatic rings. The number of hydrogen-bond acceptors (Lipinski definition) is 5. The summed E-state index contributed by atoms with van der Waals surface area (Å²) in [6.45, 7) is -0.135. The zero-order valence-electron chi connectivity index (χ0n) is 13.3. The Morgan fingerprint density at radius 1 is 1.12 bits per heavy atom. The maximum atomic E-state index is 12.0. The van der Waals surface area contributed by atoms with Gasteiger partial charge in [0, 0.05) is 17.2 Å². The van der Waals surface area contributed by atoms with Crippen LogP contribution in [0.25, 0.3) is 0 Å². The summed E-state index contributed by atoms with van der Waals surface area (Å²) in [6.07, 6.45) is 0. The van der Waals surface area contributed by atoms with Crippen LogP contribution in [0.2, 0.25) is 0 Å². The largest absolute Gasteiger partial charge is 0.484 e. The van der Waals surface area contributed by atoms with Crippen molar-refractivity contribution < 1.29 is 19.4 Å². The van der Waals surface area contributed by atoms with Crippen molar-refractivity contribution in [2.24, 2.45) is 0 Å². The van der Waals surface area contributed by atoms with Gasteiger partial charge in [-0.3, -0.25) is 4.79 Å². The minimum absolute atomic E-state index is 0.122. The smallest absolute Gasteiger partial charge is 0.335 e. The van der Waals surface area contributed by atoms with E-state index in [1.807, 2.05) is 47.8 Å². The predicted octanol–water partition coefficient (Wildman–Crippen LogP) is 3.88. The van der Waals surface area contributed by atoms with E-state index in [1.54, 1.807) is 12.1 Å². The van der Waals surface area contributed by atoms with Crippen molar-refractivity contribution in [1.29, 1.82) is 0 Å². The highest BCUT2D eigenvalue weighted by Gasteiger charge is 2.18. The number of thioether (sulfide) groups is 2. The standard InChI is InChI=1S/C18H17NO4S2/c20-16(19-14-3-1-2-13(10-14)17(21)22)11-23-15-6-4-12(5-7-15)18-24-8-9-25-18/h1-7,10,18H,8-9,11H2,(H,19,20)(H,21,22). The molecular formula is C18H17NO4S2. The fourth-order valence-electron chi connectivity index (χ4n) is 2.35. The van der Waals surface area contributed by atoms with Gasteiger partial charge in [-0.15, -0.1) is 23.5 Å².